The van der Waals surface area contributed by atoms with Gasteiger partial charge in [-0.2, -0.15) is 0 Å². The summed E-state index contributed by atoms with van der Waals surface area (Å²) in [4.78, 5) is 3.02. The molecule has 0 saturated heterocycles. The van der Waals surface area contributed by atoms with Crippen molar-refractivity contribution < 1.29 is 10.2 Å². The summed E-state index contributed by atoms with van der Waals surface area (Å²) in [5.74, 6) is 0.224. The van der Waals surface area contributed by atoms with Crippen LogP contribution < -0.4 is 0 Å². The lowest BCUT2D eigenvalue weighted by Gasteiger charge is -2.15. The Morgan fingerprint density at radius 3 is 2.64 bits per heavy atom. The monoisotopic (exact) mass is 191 g/mol. The van der Waals surface area contributed by atoms with Gasteiger partial charge in [0.2, 0.25) is 0 Å². The number of hydrogen-bond donors (Lipinski definition) is 3. The van der Waals surface area contributed by atoms with Crippen LogP contribution >= 0.6 is 0 Å². The van der Waals surface area contributed by atoms with Gasteiger partial charge in [-0.3, -0.25) is 0 Å². The first kappa shape index (κ1) is 9.09. The summed E-state index contributed by atoms with van der Waals surface area (Å²) in [6.07, 6.45) is 1.77. The zero-order valence-electron chi connectivity index (χ0n) is 8.20. The molecule has 0 unspecified atom stereocenters. The average Bonchev–Trinajstić information content (AvgIpc) is 2.45. The van der Waals surface area contributed by atoms with Crippen LogP contribution in [0.5, 0.6) is 5.75 Å². The molecule has 0 saturated carbocycles. The van der Waals surface area contributed by atoms with Crippen LogP contribution in [0, 0.1) is 0 Å². The molecule has 14 heavy (non-hydrogen) atoms. The van der Waals surface area contributed by atoms with Crippen molar-refractivity contribution in [2.24, 2.45) is 0 Å². The highest BCUT2D eigenvalue weighted by Gasteiger charge is 2.19. The maximum absolute atomic E-state index is 9.86. The standard InChI is InChI=1S/C11H13NO2/c1-11(2,14)9-6-12-10-5-7(13)3-4-8(9)10/h3-6,12-14H,1-2H3. The number of aliphatic hydroxyl groups is 1. The molecule has 0 bridgehead atoms. The Bertz CT molecular complexity index is 466. The molecule has 0 atom stereocenters. The number of aromatic amines is 1. The Morgan fingerprint density at radius 1 is 1.29 bits per heavy atom. The smallest absolute Gasteiger partial charge is 0.117 e. The first-order valence-corrected chi connectivity index (χ1v) is 4.51. The van der Waals surface area contributed by atoms with E-state index in [1.807, 2.05) is 0 Å². The third-order valence-corrected chi connectivity index (χ3v) is 2.32. The van der Waals surface area contributed by atoms with Crippen LogP contribution in [0.3, 0.4) is 0 Å². The van der Waals surface area contributed by atoms with E-state index in [1.54, 1.807) is 38.2 Å². The Morgan fingerprint density at radius 2 is 2.00 bits per heavy atom. The molecule has 0 spiro atoms. The first-order valence-electron chi connectivity index (χ1n) is 4.51. The maximum atomic E-state index is 9.86. The molecule has 0 aliphatic rings. The van der Waals surface area contributed by atoms with E-state index in [1.165, 1.54) is 0 Å². The number of H-pyrrole nitrogens is 1. The minimum atomic E-state index is -0.866. The molecule has 1 aromatic heterocycles. The van der Waals surface area contributed by atoms with Gasteiger partial charge in [0, 0.05) is 28.7 Å². The number of aromatic nitrogens is 1. The molecule has 74 valence electrons. The summed E-state index contributed by atoms with van der Waals surface area (Å²) in [6.45, 7) is 3.48. The Labute approximate surface area is 82.0 Å². The molecule has 0 fully saturated rings. The number of nitrogens with one attached hydrogen (secondary N) is 1. The predicted molar refractivity (Wildman–Crippen MR) is 55.2 cm³/mol. The number of hydrogen-bond acceptors (Lipinski definition) is 2. The van der Waals surface area contributed by atoms with Crippen LogP contribution in [-0.4, -0.2) is 15.2 Å². The topological polar surface area (TPSA) is 56.2 Å². The second-order valence-electron chi connectivity index (χ2n) is 3.99. The predicted octanol–water partition coefficient (Wildman–Crippen LogP) is 2.10. The SMILES string of the molecule is CC(C)(O)c1c[nH]c2cc(O)ccc12. The normalized spacial score (nSPS) is 12.2. The molecule has 3 N–H and O–H groups in total. The molecular formula is C11H13NO2. The number of phenolic OH excluding ortho intramolecular Hbond substituents is 1. The van der Waals surface area contributed by atoms with E-state index in [-0.39, 0.29) is 5.75 Å². The van der Waals surface area contributed by atoms with E-state index in [2.05, 4.69) is 4.98 Å². The highest BCUT2D eigenvalue weighted by molar-refractivity contribution is 5.85. The number of benzene rings is 1. The quantitative estimate of drug-likeness (QED) is 0.646. The van der Waals surface area contributed by atoms with Crippen molar-refractivity contribution in [2.75, 3.05) is 0 Å². The van der Waals surface area contributed by atoms with Gasteiger partial charge in [-0.25, -0.2) is 0 Å². The maximum Gasteiger partial charge on any atom is 0.117 e. The first-order chi connectivity index (χ1) is 6.48. The fourth-order valence-electron chi connectivity index (χ4n) is 1.62. The highest BCUT2D eigenvalue weighted by atomic mass is 16.3. The van der Waals surface area contributed by atoms with E-state index >= 15 is 0 Å². The lowest BCUT2D eigenvalue weighted by Crippen LogP contribution is -2.14. The minimum Gasteiger partial charge on any atom is -0.508 e. The van der Waals surface area contributed by atoms with Crippen molar-refractivity contribution in [3.8, 4) is 5.75 Å². The molecule has 0 aliphatic heterocycles. The van der Waals surface area contributed by atoms with E-state index in [0.717, 1.165) is 16.5 Å². The van der Waals surface area contributed by atoms with Gasteiger partial charge in [0.1, 0.15) is 5.75 Å². The van der Waals surface area contributed by atoms with Crippen molar-refractivity contribution in [2.45, 2.75) is 19.4 Å². The van der Waals surface area contributed by atoms with Crippen LogP contribution in [0.1, 0.15) is 19.4 Å². The van der Waals surface area contributed by atoms with E-state index < -0.39 is 5.60 Å². The van der Waals surface area contributed by atoms with Crippen LogP contribution in [0.4, 0.5) is 0 Å². The van der Waals surface area contributed by atoms with Gasteiger partial charge in [-0.05, 0) is 26.0 Å². The van der Waals surface area contributed by atoms with Crippen molar-refractivity contribution in [1.82, 2.24) is 4.98 Å². The summed E-state index contributed by atoms with van der Waals surface area (Å²) >= 11 is 0. The zero-order valence-corrected chi connectivity index (χ0v) is 8.20. The van der Waals surface area contributed by atoms with Gasteiger partial charge in [0.05, 0.1) is 5.60 Å². The van der Waals surface area contributed by atoms with Crippen molar-refractivity contribution in [1.29, 1.82) is 0 Å². The average molecular weight is 191 g/mol. The Balaban J connectivity index is 2.70. The zero-order chi connectivity index (χ0) is 10.3. The van der Waals surface area contributed by atoms with Gasteiger partial charge in [0.15, 0.2) is 0 Å². The Hall–Kier alpha value is -1.48. The third-order valence-electron chi connectivity index (χ3n) is 2.32. The summed E-state index contributed by atoms with van der Waals surface area (Å²) in [5.41, 5.74) is 0.810. The van der Waals surface area contributed by atoms with Crippen LogP contribution in [0.25, 0.3) is 10.9 Å². The molecule has 0 amide bonds. The molecule has 3 nitrogen and oxygen atoms in total. The van der Waals surface area contributed by atoms with Crippen LogP contribution in [0.2, 0.25) is 0 Å². The van der Waals surface area contributed by atoms with E-state index in [9.17, 15) is 10.2 Å². The molecule has 0 radical (unpaired) electrons. The van der Waals surface area contributed by atoms with Crippen molar-refractivity contribution in [3.63, 3.8) is 0 Å². The summed E-state index contributed by atoms with van der Waals surface area (Å²) < 4.78 is 0. The second-order valence-corrected chi connectivity index (χ2v) is 3.99. The Kier molecular flexibility index (Phi) is 1.79. The third kappa shape index (κ3) is 1.36. The van der Waals surface area contributed by atoms with E-state index in [0.29, 0.717) is 0 Å². The van der Waals surface area contributed by atoms with Gasteiger partial charge < -0.3 is 15.2 Å². The molecule has 1 heterocycles. The molecular weight excluding hydrogens is 178 g/mol. The highest BCUT2D eigenvalue weighted by Crippen LogP contribution is 2.29. The number of rotatable bonds is 1. The van der Waals surface area contributed by atoms with Gasteiger partial charge >= 0.3 is 0 Å². The lowest BCUT2D eigenvalue weighted by molar-refractivity contribution is 0.0802. The fourth-order valence-corrected chi connectivity index (χ4v) is 1.62. The number of aromatic hydroxyl groups is 1. The molecule has 2 rings (SSSR count). The van der Waals surface area contributed by atoms with Gasteiger partial charge in [-0.15, -0.1) is 0 Å². The summed E-state index contributed by atoms with van der Waals surface area (Å²) in [5, 5.41) is 20.1. The molecule has 2 aromatic rings. The molecule has 3 heteroatoms. The van der Waals surface area contributed by atoms with Gasteiger partial charge in [-0.1, -0.05) is 0 Å². The molecule has 0 aliphatic carbocycles. The van der Waals surface area contributed by atoms with Crippen molar-refractivity contribution in [3.05, 3.63) is 30.0 Å². The van der Waals surface area contributed by atoms with Crippen LogP contribution in [0.15, 0.2) is 24.4 Å². The van der Waals surface area contributed by atoms with Crippen molar-refractivity contribution >= 4 is 10.9 Å². The lowest BCUT2D eigenvalue weighted by atomic mass is 9.98. The van der Waals surface area contributed by atoms with E-state index in [4.69, 9.17) is 0 Å². The van der Waals surface area contributed by atoms with Gasteiger partial charge in [0.25, 0.3) is 0 Å². The minimum absolute atomic E-state index is 0.224. The summed E-state index contributed by atoms with van der Waals surface area (Å²) in [7, 11) is 0. The largest absolute Gasteiger partial charge is 0.508 e. The second kappa shape index (κ2) is 2.75. The molecule has 1 aromatic carbocycles. The number of fused-ring (bicyclic) bond motifs is 1. The van der Waals surface area contributed by atoms with Crippen LogP contribution in [-0.2, 0) is 5.60 Å². The summed E-state index contributed by atoms with van der Waals surface area (Å²) in [6, 6.07) is 5.06. The fraction of sp³-hybridized carbons (Fsp3) is 0.273. The number of phenols is 1.